The van der Waals surface area contributed by atoms with Crippen molar-refractivity contribution in [3.63, 3.8) is 0 Å². The number of methoxy groups -OCH3 is 2. The fraction of sp³-hybridized carbons (Fsp3) is 0.600. The van der Waals surface area contributed by atoms with Crippen LogP contribution in [0, 0.1) is 5.92 Å². The predicted molar refractivity (Wildman–Crippen MR) is 71.4 cm³/mol. The van der Waals surface area contributed by atoms with Gasteiger partial charge in [0, 0.05) is 24.5 Å². The highest BCUT2D eigenvalue weighted by molar-refractivity contribution is 5.42. The fourth-order valence-electron chi connectivity index (χ4n) is 2.69. The Morgan fingerprint density at radius 1 is 1.20 bits per heavy atom. The van der Waals surface area contributed by atoms with Gasteiger partial charge >= 0.3 is 0 Å². The fourth-order valence-corrected chi connectivity index (χ4v) is 2.69. The van der Waals surface area contributed by atoms with Crippen LogP contribution in [-0.2, 0) is 0 Å². The average Bonchev–Trinajstić information content (AvgIpc) is 2.45. The number of aliphatic hydroxyl groups is 1. The van der Waals surface area contributed by atoms with Gasteiger partial charge in [-0.25, -0.2) is 8.78 Å². The molecule has 1 atom stereocenters. The smallest absolute Gasteiger partial charge is 0.248 e. The van der Waals surface area contributed by atoms with E-state index in [4.69, 9.17) is 9.47 Å². The van der Waals surface area contributed by atoms with Gasteiger partial charge in [-0.1, -0.05) is 0 Å². The molecule has 0 heterocycles. The molecule has 0 aliphatic heterocycles. The molecule has 1 aromatic rings. The largest absolute Gasteiger partial charge is 0.497 e. The Morgan fingerprint density at radius 2 is 1.85 bits per heavy atom. The summed E-state index contributed by atoms with van der Waals surface area (Å²) in [6.45, 7) is 0. The van der Waals surface area contributed by atoms with Crippen molar-refractivity contribution in [2.75, 3.05) is 14.2 Å². The van der Waals surface area contributed by atoms with E-state index < -0.39 is 12.0 Å². The molecule has 0 aromatic heterocycles. The lowest BCUT2D eigenvalue weighted by Gasteiger charge is -2.31. The molecule has 1 aliphatic carbocycles. The first-order valence-electron chi connectivity index (χ1n) is 6.74. The van der Waals surface area contributed by atoms with Gasteiger partial charge in [0.05, 0.1) is 20.3 Å². The van der Waals surface area contributed by atoms with Gasteiger partial charge in [-0.3, -0.25) is 0 Å². The molecule has 0 amide bonds. The molecule has 2 rings (SSSR count). The summed E-state index contributed by atoms with van der Waals surface area (Å²) in [4.78, 5) is 0. The minimum absolute atomic E-state index is 0.156. The van der Waals surface area contributed by atoms with Crippen LogP contribution in [0.3, 0.4) is 0 Å². The first-order valence-corrected chi connectivity index (χ1v) is 6.74. The third-order valence-electron chi connectivity index (χ3n) is 3.97. The van der Waals surface area contributed by atoms with Crippen LogP contribution in [0.15, 0.2) is 18.2 Å². The monoisotopic (exact) mass is 286 g/mol. The molecule has 0 saturated heterocycles. The van der Waals surface area contributed by atoms with Crippen molar-refractivity contribution in [3.05, 3.63) is 23.8 Å². The number of aliphatic hydroxyl groups excluding tert-OH is 1. The third-order valence-corrected chi connectivity index (χ3v) is 3.97. The Morgan fingerprint density at radius 3 is 2.40 bits per heavy atom. The first kappa shape index (κ1) is 15.0. The highest BCUT2D eigenvalue weighted by Crippen LogP contribution is 2.43. The zero-order chi connectivity index (χ0) is 14.8. The molecule has 3 nitrogen and oxygen atoms in total. The minimum Gasteiger partial charge on any atom is -0.497 e. The summed E-state index contributed by atoms with van der Waals surface area (Å²) in [6.07, 6.45) is -0.459. The molecule has 1 N–H and O–H groups in total. The summed E-state index contributed by atoms with van der Waals surface area (Å²) in [5.41, 5.74) is 0.628. The van der Waals surface area contributed by atoms with Crippen molar-refractivity contribution >= 4 is 0 Å². The molecule has 0 spiro atoms. The summed E-state index contributed by atoms with van der Waals surface area (Å²) in [6, 6.07) is 5.16. The summed E-state index contributed by atoms with van der Waals surface area (Å²) < 4.78 is 36.7. The van der Waals surface area contributed by atoms with Gasteiger partial charge < -0.3 is 14.6 Å². The van der Waals surface area contributed by atoms with E-state index in [1.807, 2.05) is 0 Å². The van der Waals surface area contributed by atoms with Crippen molar-refractivity contribution in [2.24, 2.45) is 5.92 Å². The maximum Gasteiger partial charge on any atom is 0.248 e. The van der Waals surface area contributed by atoms with Crippen LogP contribution in [0.5, 0.6) is 11.5 Å². The molecule has 5 heteroatoms. The van der Waals surface area contributed by atoms with Crippen LogP contribution in [0.25, 0.3) is 0 Å². The Balaban J connectivity index is 2.15. The van der Waals surface area contributed by atoms with Crippen molar-refractivity contribution in [2.45, 2.75) is 37.7 Å². The molecule has 112 valence electrons. The van der Waals surface area contributed by atoms with Crippen LogP contribution >= 0.6 is 0 Å². The van der Waals surface area contributed by atoms with Crippen LogP contribution in [0.1, 0.15) is 37.4 Å². The van der Waals surface area contributed by atoms with Gasteiger partial charge in [0.1, 0.15) is 11.5 Å². The molecule has 1 aliphatic rings. The predicted octanol–water partition coefficient (Wildman–Crippen LogP) is 3.56. The van der Waals surface area contributed by atoms with E-state index >= 15 is 0 Å². The highest BCUT2D eigenvalue weighted by Gasteiger charge is 2.38. The zero-order valence-corrected chi connectivity index (χ0v) is 11.7. The Kier molecular flexibility index (Phi) is 4.48. The molecule has 1 unspecified atom stereocenters. The van der Waals surface area contributed by atoms with Gasteiger partial charge in [-0.05, 0) is 30.9 Å². The Labute approximate surface area is 117 Å². The second kappa shape index (κ2) is 5.95. The van der Waals surface area contributed by atoms with E-state index in [1.165, 1.54) is 7.11 Å². The third kappa shape index (κ3) is 3.20. The van der Waals surface area contributed by atoms with Gasteiger partial charge in [-0.15, -0.1) is 0 Å². The number of benzene rings is 1. The molecule has 1 saturated carbocycles. The van der Waals surface area contributed by atoms with Crippen molar-refractivity contribution in [3.8, 4) is 11.5 Å². The SMILES string of the molecule is COc1ccc(C(O)C2CCC(F)(F)CC2)c(OC)c1. The van der Waals surface area contributed by atoms with Gasteiger partial charge in [-0.2, -0.15) is 0 Å². The van der Waals surface area contributed by atoms with Crippen molar-refractivity contribution in [1.82, 2.24) is 0 Å². The molecular formula is C15H20F2O3. The maximum atomic E-state index is 13.2. The highest BCUT2D eigenvalue weighted by atomic mass is 19.3. The van der Waals surface area contributed by atoms with Crippen LogP contribution < -0.4 is 9.47 Å². The standard InChI is InChI=1S/C15H20F2O3/c1-19-11-3-4-12(13(9-11)20-2)14(18)10-5-7-15(16,17)8-6-10/h3-4,9-10,14,18H,5-8H2,1-2H3. The Bertz CT molecular complexity index is 452. The molecule has 1 fully saturated rings. The van der Waals surface area contributed by atoms with Crippen molar-refractivity contribution in [1.29, 1.82) is 0 Å². The van der Waals surface area contributed by atoms with Gasteiger partial charge in [0.2, 0.25) is 5.92 Å². The van der Waals surface area contributed by atoms with Crippen LogP contribution in [0.4, 0.5) is 8.78 Å². The van der Waals surface area contributed by atoms with E-state index in [2.05, 4.69) is 0 Å². The Hall–Kier alpha value is -1.36. The lowest BCUT2D eigenvalue weighted by atomic mass is 9.81. The second-order valence-corrected chi connectivity index (χ2v) is 5.25. The maximum absolute atomic E-state index is 13.2. The van der Waals surface area contributed by atoms with Gasteiger partial charge in [0.15, 0.2) is 0 Å². The molecular weight excluding hydrogens is 266 g/mol. The van der Waals surface area contributed by atoms with E-state index in [-0.39, 0.29) is 18.8 Å². The number of hydrogen-bond donors (Lipinski definition) is 1. The van der Waals surface area contributed by atoms with Gasteiger partial charge in [0.25, 0.3) is 0 Å². The lowest BCUT2D eigenvalue weighted by molar-refractivity contribution is -0.0629. The van der Waals surface area contributed by atoms with Crippen molar-refractivity contribution < 1.29 is 23.4 Å². The molecule has 1 aromatic carbocycles. The minimum atomic E-state index is -2.58. The number of alkyl halides is 2. The number of hydrogen-bond acceptors (Lipinski definition) is 3. The summed E-state index contributed by atoms with van der Waals surface area (Å²) >= 11 is 0. The normalized spacial score (nSPS) is 20.4. The first-order chi connectivity index (χ1) is 9.46. The quantitative estimate of drug-likeness (QED) is 0.919. The van der Waals surface area contributed by atoms with E-state index in [1.54, 1.807) is 25.3 Å². The summed E-state index contributed by atoms with van der Waals surface area (Å²) in [5.74, 6) is -1.58. The van der Waals surface area contributed by atoms with E-state index in [9.17, 15) is 13.9 Å². The average molecular weight is 286 g/mol. The molecule has 20 heavy (non-hydrogen) atoms. The zero-order valence-electron chi connectivity index (χ0n) is 11.7. The van der Waals surface area contributed by atoms with Crippen LogP contribution in [-0.4, -0.2) is 25.2 Å². The molecule has 0 bridgehead atoms. The number of ether oxygens (including phenoxy) is 2. The second-order valence-electron chi connectivity index (χ2n) is 5.25. The topological polar surface area (TPSA) is 38.7 Å². The number of rotatable bonds is 4. The molecule has 0 radical (unpaired) electrons. The van der Waals surface area contributed by atoms with E-state index in [0.717, 1.165) is 0 Å². The van der Waals surface area contributed by atoms with E-state index in [0.29, 0.717) is 29.9 Å². The summed E-state index contributed by atoms with van der Waals surface area (Å²) in [7, 11) is 3.06. The van der Waals surface area contributed by atoms with Crippen LogP contribution in [0.2, 0.25) is 0 Å². The lowest BCUT2D eigenvalue weighted by Crippen LogP contribution is -2.27. The number of halogens is 2. The summed E-state index contributed by atoms with van der Waals surface area (Å²) in [5, 5.41) is 10.4.